The van der Waals surface area contributed by atoms with Gasteiger partial charge in [-0.15, -0.1) is 0 Å². The molecule has 0 unspecified atom stereocenters. The normalized spacial score (nSPS) is 10.2. The Kier molecular flexibility index (Phi) is 3.57. The largest absolute Gasteiger partial charge is 0.480 e. The van der Waals surface area contributed by atoms with Gasteiger partial charge in [-0.2, -0.15) is 0 Å². The van der Waals surface area contributed by atoms with Crippen LogP contribution in [-0.4, -0.2) is 17.6 Å². The van der Waals surface area contributed by atoms with Crippen LogP contribution in [0.3, 0.4) is 0 Å². The summed E-state index contributed by atoms with van der Waals surface area (Å²) in [4.78, 5) is 10.1. The molecule has 0 aliphatic rings. The SMILES string of the molecule is O=C(O)CN/C=C/c1ccccc1. The zero-order chi connectivity index (χ0) is 9.52. The molecule has 0 spiro atoms. The van der Waals surface area contributed by atoms with Gasteiger partial charge in [0.25, 0.3) is 0 Å². The topological polar surface area (TPSA) is 49.3 Å². The van der Waals surface area contributed by atoms with Gasteiger partial charge in [-0.05, 0) is 17.8 Å². The number of carboxylic acid groups (broad SMARTS) is 1. The van der Waals surface area contributed by atoms with Crippen LogP contribution in [0.1, 0.15) is 5.56 Å². The smallest absolute Gasteiger partial charge is 0.322 e. The van der Waals surface area contributed by atoms with Gasteiger partial charge in [-0.1, -0.05) is 30.3 Å². The Hall–Kier alpha value is -1.77. The predicted molar refractivity (Wildman–Crippen MR) is 51.1 cm³/mol. The molecule has 0 amide bonds. The third-order valence-corrected chi connectivity index (χ3v) is 1.45. The maximum atomic E-state index is 10.1. The zero-order valence-corrected chi connectivity index (χ0v) is 7.10. The number of aliphatic carboxylic acids is 1. The molecule has 0 saturated carbocycles. The van der Waals surface area contributed by atoms with Crippen LogP contribution < -0.4 is 5.32 Å². The van der Waals surface area contributed by atoms with Gasteiger partial charge in [0, 0.05) is 0 Å². The van der Waals surface area contributed by atoms with E-state index in [0.717, 1.165) is 5.56 Å². The number of nitrogens with one attached hydrogen (secondary N) is 1. The number of benzene rings is 1. The molecule has 0 aromatic heterocycles. The highest BCUT2D eigenvalue weighted by Gasteiger charge is 1.89. The first kappa shape index (κ1) is 9.32. The average molecular weight is 177 g/mol. The Balaban J connectivity index is 2.37. The maximum Gasteiger partial charge on any atom is 0.322 e. The van der Waals surface area contributed by atoms with Gasteiger partial charge in [0.1, 0.15) is 6.54 Å². The molecular formula is C10H11NO2. The van der Waals surface area contributed by atoms with Gasteiger partial charge in [-0.3, -0.25) is 4.79 Å². The highest BCUT2D eigenvalue weighted by atomic mass is 16.4. The summed E-state index contributed by atoms with van der Waals surface area (Å²) in [6, 6.07) is 9.67. The third-order valence-electron chi connectivity index (χ3n) is 1.45. The summed E-state index contributed by atoms with van der Waals surface area (Å²) in [5, 5.41) is 11.0. The van der Waals surface area contributed by atoms with Crippen LogP contribution in [0.4, 0.5) is 0 Å². The first-order chi connectivity index (χ1) is 6.29. The monoisotopic (exact) mass is 177 g/mol. The minimum atomic E-state index is -0.863. The van der Waals surface area contributed by atoms with Crippen molar-refractivity contribution in [2.45, 2.75) is 0 Å². The number of rotatable bonds is 4. The highest BCUT2D eigenvalue weighted by molar-refractivity contribution is 5.69. The van der Waals surface area contributed by atoms with E-state index >= 15 is 0 Å². The second kappa shape index (κ2) is 4.98. The first-order valence-electron chi connectivity index (χ1n) is 3.96. The highest BCUT2D eigenvalue weighted by Crippen LogP contribution is 1.99. The molecule has 0 fully saturated rings. The fraction of sp³-hybridized carbons (Fsp3) is 0.100. The molecule has 1 aromatic carbocycles. The molecule has 0 bridgehead atoms. The molecule has 3 nitrogen and oxygen atoms in total. The summed E-state index contributed by atoms with van der Waals surface area (Å²) in [7, 11) is 0. The van der Waals surface area contributed by atoms with Gasteiger partial charge in [0.05, 0.1) is 0 Å². The Labute approximate surface area is 76.7 Å². The van der Waals surface area contributed by atoms with E-state index < -0.39 is 5.97 Å². The standard InChI is InChI=1S/C10H11NO2/c12-10(13)8-11-7-6-9-4-2-1-3-5-9/h1-7,11H,8H2,(H,12,13)/b7-6+. The van der Waals surface area contributed by atoms with Gasteiger partial charge < -0.3 is 10.4 Å². The summed E-state index contributed by atoms with van der Waals surface area (Å²) >= 11 is 0. The molecule has 2 N–H and O–H groups in total. The minimum absolute atomic E-state index is 0.0522. The van der Waals surface area contributed by atoms with Crippen molar-refractivity contribution in [3.63, 3.8) is 0 Å². The van der Waals surface area contributed by atoms with Gasteiger partial charge in [0.15, 0.2) is 0 Å². The van der Waals surface area contributed by atoms with E-state index in [2.05, 4.69) is 5.32 Å². The Bertz CT molecular complexity index is 293. The van der Waals surface area contributed by atoms with Crippen molar-refractivity contribution in [1.82, 2.24) is 5.32 Å². The number of carbonyl (C=O) groups is 1. The molecule has 0 aliphatic heterocycles. The predicted octanol–water partition coefficient (Wildman–Crippen LogP) is 1.33. The van der Waals surface area contributed by atoms with Crippen LogP contribution in [0, 0.1) is 0 Å². The molecule has 68 valence electrons. The van der Waals surface area contributed by atoms with Crippen LogP contribution in [0.2, 0.25) is 0 Å². The number of hydrogen-bond donors (Lipinski definition) is 2. The number of hydrogen-bond acceptors (Lipinski definition) is 2. The third kappa shape index (κ3) is 3.96. The van der Waals surface area contributed by atoms with E-state index in [-0.39, 0.29) is 6.54 Å². The van der Waals surface area contributed by atoms with Crippen LogP contribution >= 0.6 is 0 Å². The molecule has 0 saturated heterocycles. The summed E-state index contributed by atoms with van der Waals surface area (Å²) in [5.41, 5.74) is 1.04. The Morgan fingerprint density at radius 1 is 1.38 bits per heavy atom. The lowest BCUT2D eigenvalue weighted by atomic mass is 10.2. The Morgan fingerprint density at radius 3 is 2.69 bits per heavy atom. The number of carboxylic acids is 1. The molecule has 13 heavy (non-hydrogen) atoms. The van der Waals surface area contributed by atoms with Crippen molar-refractivity contribution in [3.8, 4) is 0 Å². The van der Waals surface area contributed by atoms with Gasteiger partial charge in [0.2, 0.25) is 0 Å². The minimum Gasteiger partial charge on any atom is -0.480 e. The molecule has 1 rings (SSSR count). The molecule has 0 atom stereocenters. The lowest BCUT2D eigenvalue weighted by Gasteiger charge is -1.94. The molecule has 0 heterocycles. The summed E-state index contributed by atoms with van der Waals surface area (Å²) in [5.74, 6) is -0.863. The Morgan fingerprint density at radius 2 is 2.08 bits per heavy atom. The first-order valence-corrected chi connectivity index (χ1v) is 3.96. The fourth-order valence-electron chi connectivity index (χ4n) is 0.866. The summed E-state index contributed by atoms with van der Waals surface area (Å²) < 4.78 is 0. The van der Waals surface area contributed by atoms with E-state index in [4.69, 9.17) is 5.11 Å². The van der Waals surface area contributed by atoms with E-state index in [1.165, 1.54) is 0 Å². The second-order valence-corrected chi connectivity index (χ2v) is 2.52. The second-order valence-electron chi connectivity index (χ2n) is 2.52. The average Bonchev–Trinajstić information content (AvgIpc) is 2.14. The van der Waals surface area contributed by atoms with Crippen molar-refractivity contribution in [2.24, 2.45) is 0 Å². The van der Waals surface area contributed by atoms with Crippen LogP contribution in [0.15, 0.2) is 36.5 Å². The molecule has 0 aliphatic carbocycles. The van der Waals surface area contributed by atoms with E-state index in [1.54, 1.807) is 6.20 Å². The van der Waals surface area contributed by atoms with Crippen LogP contribution in [0.5, 0.6) is 0 Å². The van der Waals surface area contributed by atoms with Gasteiger partial charge >= 0.3 is 5.97 Å². The van der Waals surface area contributed by atoms with Crippen molar-refractivity contribution in [2.75, 3.05) is 6.54 Å². The molecule has 1 aromatic rings. The molecule has 0 radical (unpaired) electrons. The zero-order valence-electron chi connectivity index (χ0n) is 7.10. The fourth-order valence-corrected chi connectivity index (χ4v) is 0.866. The summed E-state index contributed by atoms with van der Waals surface area (Å²) in [6.07, 6.45) is 3.45. The van der Waals surface area contributed by atoms with Crippen LogP contribution in [-0.2, 0) is 4.79 Å². The van der Waals surface area contributed by atoms with E-state index in [9.17, 15) is 4.79 Å². The maximum absolute atomic E-state index is 10.1. The summed E-state index contributed by atoms with van der Waals surface area (Å²) in [6.45, 7) is -0.0522. The quantitative estimate of drug-likeness (QED) is 0.729. The van der Waals surface area contributed by atoms with Gasteiger partial charge in [-0.25, -0.2) is 0 Å². The van der Waals surface area contributed by atoms with Crippen molar-refractivity contribution < 1.29 is 9.90 Å². The lowest BCUT2D eigenvalue weighted by Crippen LogP contribution is -2.16. The van der Waals surface area contributed by atoms with E-state index in [0.29, 0.717) is 0 Å². The van der Waals surface area contributed by atoms with Crippen LogP contribution in [0.25, 0.3) is 6.08 Å². The van der Waals surface area contributed by atoms with Crippen molar-refractivity contribution >= 4 is 12.0 Å². The van der Waals surface area contributed by atoms with E-state index in [1.807, 2.05) is 36.4 Å². The lowest BCUT2D eigenvalue weighted by molar-refractivity contribution is -0.135. The molecule has 3 heteroatoms. The van der Waals surface area contributed by atoms with Crippen molar-refractivity contribution in [3.05, 3.63) is 42.1 Å². The molecular weight excluding hydrogens is 166 g/mol. The van der Waals surface area contributed by atoms with Crippen molar-refractivity contribution in [1.29, 1.82) is 0 Å².